The lowest BCUT2D eigenvalue weighted by Gasteiger charge is -2.12. The Morgan fingerprint density at radius 3 is 2.67 bits per heavy atom. The Morgan fingerprint density at radius 2 is 2.17 bits per heavy atom. The fourth-order valence-corrected chi connectivity index (χ4v) is 1.27. The van der Waals surface area contributed by atoms with Crippen LogP contribution >= 0.6 is 11.6 Å². The predicted octanol–water partition coefficient (Wildman–Crippen LogP) is 2.03. The molecular weight excluding hydrogens is 172 g/mol. The molecule has 1 unspecified atom stereocenters. The van der Waals surface area contributed by atoms with Crippen molar-refractivity contribution in [2.75, 3.05) is 0 Å². The first-order valence-corrected chi connectivity index (χ1v) is 4.00. The molecule has 0 fully saturated rings. The summed E-state index contributed by atoms with van der Waals surface area (Å²) in [4.78, 5) is 0. The van der Waals surface area contributed by atoms with Crippen LogP contribution in [0.5, 0.6) is 0 Å². The molecule has 0 amide bonds. The van der Waals surface area contributed by atoms with Gasteiger partial charge in [0.15, 0.2) is 0 Å². The molecule has 0 aliphatic carbocycles. The highest BCUT2D eigenvalue weighted by Crippen LogP contribution is 2.22. The number of hydrazine groups is 1. The average molecular weight is 183 g/mol. The van der Waals surface area contributed by atoms with Crippen molar-refractivity contribution in [1.29, 1.82) is 0 Å². The van der Waals surface area contributed by atoms with Gasteiger partial charge in [0.05, 0.1) is 6.04 Å². The second-order valence-corrected chi connectivity index (χ2v) is 2.81. The molecule has 0 saturated carbocycles. The Kier molecular flexibility index (Phi) is 3.29. The van der Waals surface area contributed by atoms with Gasteiger partial charge in [-0.2, -0.15) is 0 Å². The highest BCUT2D eigenvalue weighted by atomic mass is 35.5. The molecule has 3 N–H and O–H groups in total. The first-order chi connectivity index (χ1) is 5.79. The Bertz CT molecular complexity index is 273. The third kappa shape index (κ3) is 1.85. The van der Waals surface area contributed by atoms with E-state index in [0.717, 1.165) is 5.56 Å². The third-order valence-electron chi connectivity index (χ3n) is 1.66. The monoisotopic (exact) mass is 182 g/mol. The molecule has 12 heavy (non-hydrogen) atoms. The lowest BCUT2D eigenvalue weighted by Crippen LogP contribution is -2.26. The lowest BCUT2D eigenvalue weighted by molar-refractivity contribution is 0.657. The second kappa shape index (κ2) is 4.26. The van der Waals surface area contributed by atoms with E-state index in [1.807, 2.05) is 24.3 Å². The molecule has 1 aromatic carbocycles. The van der Waals surface area contributed by atoms with Crippen LogP contribution in [0.4, 0.5) is 0 Å². The summed E-state index contributed by atoms with van der Waals surface area (Å²) >= 11 is 5.93. The molecule has 0 aromatic heterocycles. The van der Waals surface area contributed by atoms with Crippen LogP contribution in [0.2, 0.25) is 5.02 Å². The van der Waals surface area contributed by atoms with Crippen LogP contribution in [-0.2, 0) is 0 Å². The first kappa shape index (κ1) is 9.26. The van der Waals surface area contributed by atoms with E-state index in [-0.39, 0.29) is 6.04 Å². The molecule has 0 spiro atoms. The summed E-state index contributed by atoms with van der Waals surface area (Å²) in [5.41, 5.74) is 3.55. The number of halogens is 1. The molecule has 0 radical (unpaired) electrons. The third-order valence-corrected chi connectivity index (χ3v) is 2.00. The maximum absolute atomic E-state index is 5.93. The van der Waals surface area contributed by atoms with Gasteiger partial charge in [-0.1, -0.05) is 35.9 Å². The van der Waals surface area contributed by atoms with Gasteiger partial charge in [-0.05, 0) is 11.6 Å². The number of hydrogen-bond acceptors (Lipinski definition) is 2. The van der Waals surface area contributed by atoms with Crippen LogP contribution < -0.4 is 11.3 Å². The fraction of sp³-hybridized carbons (Fsp3) is 0.111. The van der Waals surface area contributed by atoms with Crippen molar-refractivity contribution in [2.24, 2.45) is 5.84 Å². The zero-order valence-electron chi connectivity index (χ0n) is 6.63. The summed E-state index contributed by atoms with van der Waals surface area (Å²) in [7, 11) is 0. The van der Waals surface area contributed by atoms with Gasteiger partial charge in [-0.3, -0.25) is 5.84 Å². The van der Waals surface area contributed by atoms with Crippen molar-refractivity contribution in [3.8, 4) is 0 Å². The number of benzene rings is 1. The highest BCUT2D eigenvalue weighted by molar-refractivity contribution is 6.31. The van der Waals surface area contributed by atoms with E-state index in [1.54, 1.807) is 6.08 Å². The summed E-state index contributed by atoms with van der Waals surface area (Å²) in [5, 5.41) is 0.695. The second-order valence-electron chi connectivity index (χ2n) is 2.40. The van der Waals surface area contributed by atoms with Crippen LogP contribution in [0.3, 0.4) is 0 Å². The molecular formula is C9H11ClN2. The minimum Gasteiger partial charge on any atom is -0.271 e. The standard InChI is InChI=1S/C9H11ClN2/c1-2-9(12-11)7-5-3-4-6-8(7)10/h2-6,9,12H,1,11H2. The Balaban J connectivity index is 3.00. The van der Waals surface area contributed by atoms with E-state index in [9.17, 15) is 0 Å². The number of rotatable bonds is 3. The summed E-state index contributed by atoms with van der Waals surface area (Å²) in [5.74, 6) is 5.30. The van der Waals surface area contributed by atoms with Crippen LogP contribution in [0, 0.1) is 0 Å². The van der Waals surface area contributed by atoms with E-state index >= 15 is 0 Å². The van der Waals surface area contributed by atoms with Crippen LogP contribution in [0.15, 0.2) is 36.9 Å². The molecule has 0 saturated heterocycles. The highest BCUT2D eigenvalue weighted by Gasteiger charge is 2.07. The van der Waals surface area contributed by atoms with Gasteiger partial charge in [-0.25, -0.2) is 5.43 Å². The van der Waals surface area contributed by atoms with Crippen molar-refractivity contribution in [3.63, 3.8) is 0 Å². The van der Waals surface area contributed by atoms with E-state index in [4.69, 9.17) is 17.4 Å². The molecule has 2 nitrogen and oxygen atoms in total. The van der Waals surface area contributed by atoms with Gasteiger partial charge in [0.1, 0.15) is 0 Å². The van der Waals surface area contributed by atoms with E-state index in [2.05, 4.69) is 12.0 Å². The van der Waals surface area contributed by atoms with Gasteiger partial charge in [0.25, 0.3) is 0 Å². The zero-order chi connectivity index (χ0) is 8.97. The summed E-state index contributed by atoms with van der Waals surface area (Å²) < 4.78 is 0. The molecule has 0 aliphatic heterocycles. The van der Waals surface area contributed by atoms with Gasteiger partial charge in [0, 0.05) is 5.02 Å². The average Bonchev–Trinajstić information content (AvgIpc) is 2.10. The van der Waals surface area contributed by atoms with Crippen molar-refractivity contribution < 1.29 is 0 Å². The largest absolute Gasteiger partial charge is 0.271 e. The van der Waals surface area contributed by atoms with Crippen LogP contribution in [0.1, 0.15) is 11.6 Å². The SMILES string of the molecule is C=CC(NN)c1ccccc1Cl. The van der Waals surface area contributed by atoms with E-state index in [0.29, 0.717) is 5.02 Å². The van der Waals surface area contributed by atoms with Gasteiger partial charge in [-0.15, -0.1) is 6.58 Å². The lowest BCUT2D eigenvalue weighted by atomic mass is 10.1. The maximum atomic E-state index is 5.93. The van der Waals surface area contributed by atoms with Gasteiger partial charge in [0.2, 0.25) is 0 Å². The Morgan fingerprint density at radius 1 is 1.50 bits per heavy atom. The minimum absolute atomic E-state index is 0.0845. The van der Waals surface area contributed by atoms with Crippen molar-refractivity contribution in [2.45, 2.75) is 6.04 Å². The summed E-state index contributed by atoms with van der Waals surface area (Å²) in [6.07, 6.45) is 1.71. The molecule has 0 heterocycles. The van der Waals surface area contributed by atoms with Crippen LogP contribution in [-0.4, -0.2) is 0 Å². The maximum Gasteiger partial charge on any atom is 0.0652 e. The molecule has 0 aliphatic rings. The van der Waals surface area contributed by atoms with E-state index < -0.39 is 0 Å². The van der Waals surface area contributed by atoms with Gasteiger partial charge >= 0.3 is 0 Å². The molecule has 1 atom stereocenters. The van der Waals surface area contributed by atoms with Crippen molar-refractivity contribution in [3.05, 3.63) is 47.5 Å². The first-order valence-electron chi connectivity index (χ1n) is 3.62. The summed E-state index contributed by atoms with van der Waals surface area (Å²) in [6.45, 7) is 3.65. The number of nitrogens with one attached hydrogen (secondary N) is 1. The number of hydrogen-bond donors (Lipinski definition) is 2. The zero-order valence-corrected chi connectivity index (χ0v) is 7.38. The van der Waals surface area contributed by atoms with E-state index in [1.165, 1.54) is 0 Å². The molecule has 3 heteroatoms. The quantitative estimate of drug-likeness (QED) is 0.427. The molecule has 64 valence electrons. The Hall–Kier alpha value is -0.830. The Labute approximate surface area is 77.0 Å². The van der Waals surface area contributed by atoms with Crippen LogP contribution in [0.25, 0.3) is 0 Å². The molecule has 0 bridgehead atoms. The topological polar surface area (TPSA) is 38.0 Å². The normalized spacial score (nSPS) is 12.5. The molecule has 1 rings (SSSR count). The summed E-state index contributed by atoms with van der Waals surface area (Å²) in [6, 6.07) is 7.44. The smallest absolute Gasteiger partial charge is 0.0652 e. The van der Waals surface area contributed by atoms with Crippen molar-refractivity contribution >= 4 is 11.6 Å². The van der Waals surface area contributed by atoms with Crippen molar-refractivity contribution in [1.82, 2.24) is 5.43 Å². The van der Waals surface area contributed by atoms with Gasteiger partial charge < -0.3 is 0 Å². The number of nitrogens with two attached hydrogens (primary N) is 1. The minimum atomic E-state index is -0.0845. The molecule has 1 aromatic rings. The predicted molar refractivity (Wildman–Crippen MR) is 51.7 cm³/mol. The fourth-order valence-electron chi connectivity index (χ4n) is 1.01.